The van der Waals surface area contributed by atoms with E-state index in [1.54, 1.807) is 0 Å². The number of carbonyl (C=O) groups is 1. The van der Waals surface area contributed by atoms with Gasteiger partial charge in [0.2, 0.25) is 0 Å². The van der Waals surface area contributed by atoms with Gasteiger partial charge in [-0.25, -0.2) is 0 Å². The van der Waals surface area contributed by atoms with Gasteiger partial charge in [0.1, 0.15) is 5.75 Å². The second-order valence-corrected chi connectivity index (χ2v) is 8.20. The summed E-state index contributed by atoms with van der Waals surface area (Å²) < 4.78 is 5.72. The summed E-state index contributed by atoms with van der Waals surface area (Å²) in [5.74, 6) is 3.09. The largest absolute Gasteiger partial charge is 0.426 e. The first-order valence-electron chi connectivity index (χ1n) is 10.5. The maximum Gasteiger partial charge on any atom is 0.314 e. The Kier molecular flexibility index (Phi) is 6.56. The SMILES string of the molecule is CCCC(CC)c1ccc(OC(=O)C2CCC3CCCCC3C2)cc1. The molecule has 2 aliphatic carbocycles. The molecular formula is C23H34O2. The summed E-state index contributed by atoms with van der Waals surface area (Å²) in [5.41, 5.74) is 1.37. The number of esters is 1. The van der Waals surface area contributed by atoms with E-state index in [0.717, 1.165) is 31.1 Å². The maximum absolute atomic E-state index is 12.6. The molecule has 2 saturated carbocycles. The van der Waals surface area contributed by atoms with Crippen LogP contribution in [0.2, 0.25) is 0 Å². The smallest absolute Gasteiger partial charge is 0.314 e. The van der Waals surface area contributed by atoms with Crippen molar-refractivity contribution in [2.75, 3.05) is 0 Å². The van der Waals surface area contributed by atoms with Gasteiger partial charge >= 0.3 is 5.97 Å². The maximum atomic E-state index is 12.6. The molecule has 3 rings (SSSR count). The first kappa shape index (κ1) is 18.5. The van der Waals surface area contributed by atoms with Crippen molar-refractivity contribution in [1.82, 2.24) is 0 Å². The molecule has 1 aromatic carbocycles. The third-order valence-corrected chi connectivity index (χ3v) is 6.57. The Morgan fingerprint density at radius 2 is 1.76 bits per heavy atom. The van der Waals surface area contributed by atoms with Gasteiger partial charge in [-0.05, 0) is 67.6 Å². The number of ether oxygens (including phenoxy) is 1. The molecule has 2 heteroatoms. The highest BCUT2D eigenvalue weighted by atomic mass is 16.5. The number of rotatable bonds is 6. The van der Waals surface area contributed by atoms with E-state index in [1.165, 1.54) is 50.5 Å². The minimum absolute atomic E-state index is 0.00243. The monoisotopic (exact) mass is 342 g/mol. The van der Waals surface area contributed by atoms with E-state index in [-0.39, 0.29) is 11.9 Å². The summed E-state index contributed by atoms with van der Waals surface area (Å²) in [6, 6.07) is 8.25. The summed E-state index contributed by atoms with van der Waals surface area (Å²) in [4.78, 5) is 12.6. The average molecular weight is 343 g/mol. The van der Waals surface area contributed by atoms with Gasteiger partial charge in [-0.1, -0.05) is 58.1 Å². The van der Waals surface area contributed by atoms with E-state index in [9.17, 15) is 4.79 Å². The summed E-state index contributed by atoms with van der Waals surface area (Å²) in [5, 5.41) is 0. The molecule has 1 aromatic rings. The lowest BCUT2D eigenvalue weighted by Gasteiger charge is -2.38. The molecule has 0 aliphatic heterocycles. The molecule has 0 aromatic heterocycles. The molecule has 0 heterocycles. The van der Waals surface area contributed by atoms with Crippen molar-refractivity contribution >= 4 is 5.97 Å². The Morgan fingerprint density at radius 1 is 1.04 bits per heavy atom. The molecule has 0 saturated heterocycles. The molecule has 2 fully saturated rings. The van der Waals surface area contributed by atoms with Crippen LogP contribution in [0.3, 0.4) is 0 Å². The lowest BCUT2D eigenvalue weighted by molar-refractivity contribution is -0.141. The first-order chi connectivity index (χ1) is 12.2. The second-order valence-electron chi connectivity index (χ2n) is 8.20. The first-order valence-corrected chi connectivity index (χ1v) is 10.5. The van der Waals surface area contributed by atoms with Crippen LogP contribution in [0.5, 0.6) is 5.75 Å². The van der Waals surface area contributed by atoms with Crippen molar-refractivity contribution in [2.24, 2.45) is 17.8 Å². The number of hydrogen-bond acceptors (Lipinski definition) is 2. The number of fused-ring (bicyclic) bond motifs is 1. The molecular weight excluding hydrogens is 308 g/mol. The van der Waals surface area contributed by atoms with Gasteiger partial charge in [-0.2, -0.15) is 0 Å². The van der Waals surface area contributed by atoms with Crippen LogP contribution in [0.4, 0.5) is 0 Å². The fourth-order valence-corrected chi connectivity index (χ4v) is 5.05. The van der Waals surface area contributed by atoms with Crippen LogP contribution < -0.4 is 4.74 Å². The van der Waals surface area contributed by atoms with E-state index in [4.69, 9.17) is 4.74 Å². The summed E-state index contributed by atoms with van der Waals surface area (Å²) in [7, 11) is 0. The third kappa shape index (κ3) is 4.65. The van der Waals surface area contributed by atoms with Crippen molar-refractivity contribution < 1.29 is 9.53 Å². The molecule has 0 radical (unpaired) electrons. The summed E-state index contributed by atoms with van der Waals surface area (Å²) in [6.45, 7) is 4.48. The van der Waals surface area contributed by atoms with Crippen molar-refractivity contribution in [1.29, 1.82) is 0 Å². The van der Waals surface area contributed by atoms with Crippen LogP contribution in [-0.4, -0.2) is 5.97 Å². The lowest BCUT2D eigenvalue weighted by atomic mass is 9.67. The van der Waals surface area contributed by atoms with Crippen LogP contribution >= 0.6 is 0 Å². The van der Waals surface area contributed by atoms with E-state index in [1.807, 2.05) is 12.1 Å². The number of benzene rings is 1. The quantitative estimate of drug-likeness (QED) is 0.436. The molecule has 2 aliphatic rings. The zero-order valence-corrected chi connectivity index (χ0v) is 16.0. The lowest BCUT2D eigenvalue weighted by Crippen LogP contribution is -2.33. The summed E-state index contributed by atoms with van der Waals surface area (Å²) >= 11 is 0. The number of carbonyl (C=O) groups excluding carboxylic acids is 1. The molecule has 2 nitrogen and oxygen atoms in total. The van der Waals surface area contributed by atoms with E-state index >= 15 is 0 Å². The Morgan fingerprint density at radius 3 is 2.44 bits per heavy atom. The van der Waals surface area contributed by atoms with Gasteiger partial charge in [0.25, 0.3) is 0 Å². The molecule has 4 atom stereocenters. The van der Waals surface area contributed by atoms with Gasteiger partial charge in [0, 0.05) is 0 Å². The minimum atomic E-state index is -0.00243. The predicted octanol–water partition coefficient (Wildman–Crippen LogP) is 6.49. The molecule has 0 bridgehead atoms. The summed E-state index contributed by atoms with van der Waals surface area (Å²) in [6.07, 6.45) is 12.3. The molecule has 25 heavy (non-hydrogen) atoms. The fourth-order valence-electron chi connectivity index (χ4n) is 5.05. The highest BCUT2D eigenvalue weighted by molar-refractivity contribution is 5.75. The zero-order chi connectivity index (χ0) is 17.6. The molecule has 0 N–H and O–H groups in total. The van der Waals surface area contributed by atoms with Crippen LogP contribution in [-0.2, 0) is 4.79 Å². The van der Waals surface area contributed by atoms with E-state index in [0.29, 0.717) is 11.7 Å². The highest BCUT2D eigenvalue weighted by Gasteiger charge is 2.35. The highest BCUT2D eigenvalue weighted by Crippen LogP contribution is 2.43. The fraction of sp³-hybridized carbons (Fsp3) is 0.696. The van der Waals surface area contributed by atoms with Gasteiger partial charge in [-0.15, -0.1) is 0 Å². The van der Waals surface area contributed by atoms with Gasteiger partial charge in [-0.3, -0.25) is 4.79 Å². The van der Waals surface area contributed by atoms with Crippen molar-refractivity contribution in [2.45, 2.75) is 84.0 Å². The van der Waals surface area contributed by atoms with Gasteiger partial charge in [0.05, 0.1) is 5.92 Å². The van der Waals surface area contributed by atoms with Crippen molar-refractivity contribution in [3.05, 3.63) is 29.8 Å². The standard InChI is InChI=1S/C23H34O2/c1-3-7-17(4-2)19-12-14-22(15-13-19)25-23(24)21-11-10-18-8-5-6-9-20(18)16-21/h12-15,17-18,20-21H,3-11,16H2,1-2H3. The molecule has 0 spiro atoms. The van der Waals surface area contributed by atoms with Gasteiger partial charge in [0.15, 0.2) is 0 Å². The minimum Gasteiger partial charge on any atom is -0.426 e. The zero-order valence-electron chi connectivity index (χ0n) is 16.0. The topological polar surface area (TPSA) is 26.3 Å². The van der Waals surface area contributed by atoms with Crippen LogP contribution in [0.15, 0.2) is 24.3 Å². The Balaban J connectivity index is 1.55. The molecule has 0 amide bonds. The third-order valence-electron chi connectivity index (χ3n) is 6.57. The van der Waals surface area contributed by atoms with Crippen LogP contribution in [0.1, 0.15) is 89.5 Å². The molecule has 4 unspecified atom stereocenters. The normalized spacial score (nSPS) is 27.4. The van der Waals surface area contributed by atoms with E-state index in [2.05, 4.69) is 26.0 Å². The average Bonchev–Trinajstić information content (AvgIpc) is 2.66. The Labute approximate surface area is 153 Å². The second kappa shape index (κ2) is 8.87. The van der Waals surface area contributed by atoms with Gasteiger partial charge < -0.3 is 4.74 Å². The number of hydrogen-bond donors (Lipinski definition) is 0. The Bertz CT molecular complexity index is 548. The van der Waals surface area contributed by atoms with E-state index < -0.39 is 0 Å². The Hall–Kier alpha value is -1.31. The van der Waals surface area contributed by atoms with Crippen LogP contribution in [0, 0.1) is 17.8 Å². The predicted molar refractivity (Wildman–Crippen MR) is 103 cm³/mol. The van der Waals surface area contributed by atoms with Crippen molar-refractivity contribution in [3.63, 3.8) is 0 Å². The van der Waals surface area contributed by atoms with Crippen LogP contribution in [0.25, 0.3) is 0 Å². The molecule has 138 valence electrons. The van der Waals surface area contributed by atoms with Crippen molar-refractivity contribution in [3.8, 4) is 5.75 Å².